The highest BCUT2D eigenvalue weighted by molar-refractivity contribution is 6.15. The van der Waals surface area contributed by atoms with Crippen LogP contribution in [0.1, 0.15) is 39.0 Å². The molecule has 0 N–H and O–H groups in total. The maximum Gasteiger partial charge on any atom is 0.231 e. The SMILES string of the molecule is Cc1c2c(cc3c1O/C(=C\c1ccc(N(C)C)cc1)C3=O)CN(CCCc1ccccc1)CO2. The first-order chi connectivity index (χ1) is 16.5. The van der Waals surface area contributed by atoms with E-state index in [2.05, 4.69) is 29.2 Å². The van der Waals surface area contributed by atoms with Gasteiger partial charge in [-0.3, -0.25) is 9.69 Å². The lowest BCUT2D eigenvalue weighted by atomic mass is 10.00. The van der Waals surface area contributed by atoms with Crippen molar-refractivity contribution in [2.45, 2.75) is 26.3 Å². The molecule has 2 heterocycles. The Hall–Kier alpha value is -3.57. The second-order valence-corrected chi connectivity index (χ2v) is 9.21. The number of hydrogen-bond acceptors (Lipinski definition) is 5. The van der Waals surface area contributed by atoms with Gasteiger partial charge >= 0.3 is 0 Å². The van der Waals surface area contributed by atoms with Crippen molar-refractivity contribution >= 4 is 17.5 Å². The second-order valence-electron chi connectivity index (χ2n) is 9.21. The van der Waals surface area contributed by atoms with Gasteiger partial charge in [-0.25, -0.2) is 0 Å². The molecule has 0 aliphatic carbocycles. The van der Waals surface area contributed by atoms with Crippen LogP contribution in [0.4, 0.5) is 5.69 Å². The summed E-state index contributed by atoms with van der Waals surface area (Å²) in [7, 11) is 4.01. The monoisotopic (exact) mass is 454 g/mol. The average molecular weight is 455 g/mol. The third kappa shape index (κ3) is 4.44. The molecule has 0 spiro atoms. The summed E-state index contributed by atoms with van der Waals surface area (Å²) in [6, 6.07) is 20.6. The lowest BCUT2D eigenvalue weighted by molar-refractivity contribution is 0.0932. The number of anilines is 1. The number of fused-ring (bicyclic) bond motifs is 2. The minimum Gasteiger partial charge on any atom is -0.477 e. The minimum absolute atomic E-state index is 0.0706. The summed E-state index contributed by atoms with van der Waals surface area (Å²) in [5, 5.41) is 0. The average Bonchev–Trinajstić information content (AvgIpc) is 3.15. The highest BCUT2D eigenvalue weighted by Crippen LogP contribution is 2.43. The van der Waals surface area contributed by atoms with Crippen LogP contribution < -0.4 is 14.4 Å². The largest absolute Gasteiger partial charge is 0.477 e. The standard InChI is InChI=1S/C29H30N2O3/c1-20-28-23(18-31(19-33-28)15-7-10-21-8-5-4-6-9-21)17-25-27(32)26(34-29(20)25)16-22-11-13-24(14-12-22)30(2)3/h4-6,8-9,11-14,16-17H,7,10,15,18-19H2,1-3H3/b26-16-. The molecule has 0 fully saturated rings. The zero-order valence-corrected chi connectivity index (χ0v) is 20.0. The Morgan fingerprint density at radius 2 is 1.79 bits per heavy atom. The first kappa shape index (κ1) is 22.2. The fourth-order valence-corrected chi connectivity index (χ4v) is 4.61. The number of rotatable bonds is 6. The van der Waals surface area contributed by atoms with Gasteiger partial charge in [0.05, 0.1) is 5.56 Å². The molecule has 3 aromatic rings. The Morgan fingerprint density at radius 1 is 1.03 bits per heavy atom. The van der Waals surface area contributed by atoms with Crippen LogP contribution in [0.5, 0.6) is 11.5 Å². The Labute approximate surface area is 201 Å². The summed E-state index contributed by atoms with van der Waals surface area (Å²) in [5.74, 6) is 1.76. The van der Waals surface area contributed by atoms with Crippen molar-refractivity contribution in [1.82, 2.24) is 4.90 Å². The van der Waals surface area contributed by atoms with Crippen molar-refractivity contribution in [1.29, 1.82) is 0 Å². The van der Waals surface area contributed by atoms with Gasteiger partial charge < -0.3 is 14.4 Å². The van der Waals surface area contributed by atoms with Crippen molar-refractivity contribution in [3.8, 4) is 11.5 Å². The van der Waals surface area contributed by atoms with Gasteiger partial charge in [-0.05, 0) is 55.2 Å². The van der Waals surface area contributed by atoms with E-state index < -0.39 is 0 Å². The number of Topliss-reactive ketones (excluding diaryl/α,β-unsaturated/α-hetero) is 1. The molecule has 0 saturated heterocycles. The van der Waals surface area contributed by atoms with Gasteiger partial charge in [0.25, 0.3) is 0 Å². The topological polar surface area (TPSA) is 42.0 Å². The van der Waals surface area contributed by atoms with E-state index in [1.807, 2.05) is 68.4 Å². The summed E-state index contributed by atoms with van der Waals surface area (Å²) in [6.45, 7) is 4.25. The predicted molar refractivity (Wildman–Crippen MR) is 136 cm³/mol. The molecular weight excluding hydrogens is 424 g/mol. The number of allylic oxidation sites excluding steroid dienone is 1. The molecule has 0 bridgehead atoms. The predicted octanol–water partition coefficient (Wildman–Crippen LogP) is 5.46. The molecule has 0 aromatic heterocycles. The van der Waals surface area contributed by atoms with Gasteiger partial charge in [0.1, 0.15) is 18.2 Å². The number of benzene rings is 3. The smallest absolute Gasteiger partial charge is 0.231 e. The van der Waals surface area contributed by atoms with E-state index in [-0.39, 0.29) is 5.78 Å². The normalized spacial score (nSPS) is 16.1. The van der Waals surface area contributed by atoms with Crippen LogP contribution >= 0.6 is 0 Å². The summed E-state index contributed by atoms with van der Waals surface area (Å²) in [4.78, 5) is 17.5. The minimum atomic E-state index is -0.0706. The van der Waals surface area contributed by atoms with E-state index in [1.165, 1.54) is 5.56 Å². The number of ether oxygens (including phenoxy) is 2. The number of hydrogen-bond donors (Lipinski definition) is 0. The van der Waals surface area contributed by atoms with E-state index in [4.69, 9.17) is 9.47 Å². The lowest BCUT2D eigenvalue weighted by Gasteiger charge is -2.30. The van der Waals surface area contributed by atoms with Crippen molar-refractivity contribution in [3.63, 3.8) is 0 Å². The zero-order valence-electron chi connectivity index (χ0n) is 20.0. The molecule has 5 rings (SSSR count). The lowest BCUT2D eigenvalue weighted by Crippen LogP contribution is -2.33. The second kappa shape index (κ2) is 9.35. The van der Waals surface area contributed by atoms with Crippen LogP contribution in [0.25, 0.3) is 6.08 Å². The summed E-state index contributed by atoms with van der Waals surface area (Å²) >= 11 is 0. The molecular formula is C29H30N2O3. The van der Waals surface area contributed by atoms with Gasteiger partial charge in [0, 0.05) is 44.0 Å². The van der Waals surface area contributed by atoms with Crippen LogP contribution in [0.15, 0.2) is 66.4 Å². The van der Waals surface area contributed by atoms with Crippen molar-refractivity contribution in [2.24, 2.45) is 0 Å². The molecule has 0 unspecified atom stereocenters. The first-order valence-corrected chi connectivity index (χ1v) is 11.8. The molecule has 0 atom stereocenters. The molecule has 34 heavy (non-hydrogen) atoms. The van der Waals surface area contributed by atoms with Crippen LogP contribution in [0, 0.1) is 6.92 Å². The molecule has 5 heteroatoms. The van der Waals surface area contributed by atoms with Gasteiger partial charge in [0.2, 0.25) is 5.78 Å². The summed E-state index contributed by atoms with van der Waals surface area (Å²) < 4.78 is 12.2. The van der Waals surface area contributed by atoms with Crippen molar-refractivity contribution in [2.75, 3.05) is 32.3 Å². The molecule has 2 aliphatic heterocycles. The van der Waals surface area contributed by atoms with Gasteiger partial charge in [-0.2, -0.15) is 0 Å². The fourth-order valence-electron chi connectivity index (χ4n) is 4.61. The molecule has 0 saturated carbocycles. The van der Waals surface area contributed by atoms with Crippen LogP contribution in [-0.2, 0) is 13.0 Å². The maximum absolute atomic E-state index is 13.2. The highest BCUT2D eigenvalue weighted by Gasteiger charge is 2.33. The van der Waals surface area contributed by atoms with E-state index in [9.17, 15) is 4.79 Å². The summed E-state index contributed by atoms with van der Waals surface area (Å²) in [6.07, 6.45) is 3.93. The molecule has 0 amide bonds. The van der Waals surface area contributed by atoms with E-state index >= 15 is 0 Å². The van der Waals surface area contributed by atoms with E-state index in [1.54, 1.807) is 0 Å². The number of aryl methyl sites for hydroxylation is 1. The van der Waals surface area contributed by atoms with E-state index in [0.717, 1.165) is 54.1 Å². The van der Waals surface area contributed by atoms with Crippen LogP contribution in [0.3, 0.4) is 0 Å². The van der Waals surface area contributed by atoms with Crippen LogP contribution in [0.2, 0.25) is 0 Å². The molecule has 2 aliphatic rings. The molecule has 3 aromatic carbocycles. The Bertz CT molecular complexity index is 1230. The van der Waals surface area contributed by atoms with Gasteiger partial charge in [-0.1, -0.05) is 42.5 Å². The van der Waals surface area contributed by atoms with Gasteiger partial charge in [0.15, 0.2) is 5.76 Å². The summed E-state index contributed by atoms with van der Waals surface area (Å²) in [5.41, 5.74) is 5.98. The highest BCUT2D eigenvalue weighted by atomic mass is 16.5. The van der Waals surface area contributed by atoms with Gasteiger partial charge in [-0.15, -0.1) is 0 Å². The number of carbonyl (C=O) groups is 1. The quantitative estimate of drug-likeness (QED) is 0.463. The van der Waals surface area contributed by atoms with Crippen molar-refractivity contribution < 1.29 is 14.3 Å². The Balaban J connectivity index is 1.30. The Morgan fingerprint density at radius 3 is 2.53 bits per heavy atom. The van der Waals surface area contributed by atoms with E-state index in [0.29, 0.717) is 23.8 Å². The first-order valence-electron chi connectivity index (χ1n) is 11.8. The molecule has 174 valence electrons. The maximum atomic E-state index is 13.2. The van der Waals surface area contributed by atoms with Crippen LogP contribution in [-0.4, -0.2) is 38.1 Å². The zero-order chi connectivity index (χ0) is 23.7. The third-order valence-corrected chi connectivity index (χ3v) is 6.49. The number of carbonyl (C=O) groups excluding carboxylic acids is 1. The number of ketones is 1. The molecule has 0 radical (unpaired) electrons. The van der Waals surface area contributed by atoms with Crippen molar-refractivity contribution in [3.05, 3.63) is 94.2 Å². The Kier molecular flexibility index (Phi) is 6.12. The molecule has 5 nitrogen and oxygen atoms in total. The number of nitrogens with zero attached hydrogens (tertiary/aromatic N) is 2. The third-order valence-electron chi connectivity index (χ3n) is 6.49. The fraction of sp³-hybridized carbons (Fsp3) is 0.276.